The van der Waals surface area contributed by atoms with Gasteiger partial charge in [0.2, 0.25) is 0 Å². The third-order valence-corrected chi connectivity index (χ3v) is 3.26. The van der Waals surface area contributed by atoms with E-state index in [1.807, 2.05) is 31.1 Å². The Hall–Kier alpha value is -1.81. The first-order chi connectivity index (χ1) is 9.49. The molecule has 0 radical (unpaired) electrons. The molecule has 0 saturated heterocycles. The van der Waals surface area contributed by atoms with Gasteiger partial charge in [-0.1, -0.05) is 17.7 Å². The molecule has 2 rings (SSSR count). The van der Waals surface area contributed by atoms with Crippen molar-refractivity contribution in [2.75, 3.05) is 24.3 Å². The first-order valence-corrected chi connectivity index (χ1v) is 6.50. The Morgan fingerprint density at radius 2 is 1.75 bits per heavy atom. The first-order valence-electron chi connectivity index (χ1n) is 6.12. The van der Waals surface area contributed by atoms with Gasteiger partial charge in [-0.05, 0) is 30.3 Å². The van der Waals surface area contributed by atoms with E-state index in [1.165, 1.54) is 18.2 Å². The molecule has 0 atom stereocenters. The molecule has 0 saturated carbocycles. The lowest BCUT2D eigenvalue weighted by molar-refractivity contribution is 0.560. The van der Waals surface area contributed by atoms with E-state index in [0.29, 0.717) is 10.7 Å². The second-order valence-corrected chi connectivity index (χ2v) is 5.02. The number of anilines is 2. The van der Waals surface area contributed by atoms with Gasteiger partial charge in [-0.2, -0.15) is 0 Å². The van der Waals surface area contributed by atoms with Crippen molar-refractivity contribution in [2.24, 2.45) is 0 Å². The smallest absolute Gasteiger partial charge is 0.131 e. The highest BCUT2D eigenvalue weighted by Crippen LogP contribution is 2.27. The number of rotatable bonds is 4. The predicted octanol–water partition coefficient (Wildman–Crippen LogP) is 4.30. The summed E-state index contributed by atoms with van der Waals surface area (Å²) in [5.74, 6) is -1.12. The summed E-state index contributed by atoms with van der Waals surface area (Å²) in [7, 11) is 3.78. The summed E-state index contributed by atoms with van der Waals surface area (Å²) in [6.45, 7) is 0.0656. The number of hydrogen-bond donors (Lipinski definition) is 1. The van der Waals surface area contributed by atoms with Gasteiger partial charge in [0.25, 0.3) is 0 Å². The molecule has 5 heteroatoms. The molecule has 0 aliphatic carbocycles. The molecule has 2 aromatic rings. The quantitative estimate of drug-likeness (QED) is 0.905. The van der Waals surface area contributed by atoms with E-state index in [9.17, 15) is 8.78 Å². The third kappa shape index (κ3) is 3.20. The summed E-state index contributed by atoms with van der Waals surface area (Å²) in [5.41, 5.74) is 1.61. The second kappa shape index (κ2) is 6.09. The number of benzene rings is 2. The van der Waals surface area contributed by atoms with Crippen molar-refractivity contribution in [2.45, 2.75) is 6.54 Å². The molecule has 0 unspecified atom stereocenters. The molecule has 2 nitrogen and oxygen atoms in total. The van der Waals surface area contributed by atoms with E-state index in [4.69, 9.17) is 11.6 Å². The Balaban J connectivity index is 2.14. The number of nitrogens with one attached hydrogen (secondary N) is 1. The van der Waals surface area contributed by atoms with Crippen molar-refractivity contribution in [3.05, 3.63) is 58.6 Å². The summed E-state index contributed by atoms with van der Waals surface area (Å²) >= 11 is 6.14. The van der Waals surface area contributed by atoms with Crippen molar-refractivity contribution in [1.82, 2.24) is 0 Å². The van der Waals surface area contributed by atoms with Crippen LogP contribution in [0.5, 0.6) is 0 Å². The lowest BCUT2D eigenvalue weighted by atomic mass is 10.2. The highest BCUT2D eigenvalue weighted by molar-refractivity contribution is 6.33. The summed E-state index contributed by atoms with van der Waals surface area (Å²) in [6, 6.07) is 9.22. The minimum Gasteiger partial charge on any atom is -0.381 e. The molecule has 0 heterocycles. The highest BCUT2D eigenvalue weighted by atomic mass is 35.5. The van der Waals surface area contributed by atoms with E-state index in [-0.39, 0.29) is 12.1 Å². The Kier molecular flexibility index (Phi) is 4.45. The van der Waals surface area contributed by atoms with E-state index in [1.54, 1.807) is 6.07 Å². The molecule has 1 N–H and O–H groups in total. The van der Waals surface area contributed by atoms with Crippen LogP contribution in [0, 0.1) is 11.6 Å². The van der Waals surface area contributed by atoms with Gasteiger partial charge in [0.1, 0.15) is 11.6 Å². The van der Waals surface area contributed by atoms with Crippen LogP contribution in [-0.4, -0.2) is 14.1 Å². The minimum absolute atomic E-state index is 0.0142. The van der Waals surface area contributed by atoms with Crippen LogP contribution in [-0.2, 0) is 6.54 Å². The van der Waals surface area contributed by atoms with Crippen LogP contribution in [0.4, 0.5) is 20.2 Å². The van der Waals surface area contributed by atoms with Gasteiger partial charge < -0.3 is 10.2 Å². The Bertz CT molecular complexity index is 595. The molecule has 0 bridgehead atoms. The molecule has 0 aliphatic rings. The van der Waals surface area contributed by atoms with Crippen LogP contribution < -0.4 is 10.2 Å². The van der Waals surface area contributed by atoms with Gasteiger partial charge in [-0.3, -0.25) is 0 Å². The molecule has 0 aliphatic heterocycles. The maximum absolute atomic E-state index is 13.5. The molecule has 0 spiro atoms. The molecular formula is C15H15ClF2N2. The molecule has 106 valence electrons. The summed E-state index contributed by atoms with van der Waals surface area (Å²) < 4.78 is 27.0. The molecule has 20 heavy (non-hydrogen) atoms. The monoisotopic (exact) mass is 296 g/mol. The third-order valence-electron chi connectivity index (χ3n) is 2.96. The fourth-order valence-electron chi connectivity index (χ4n) is 1.87. The van der Waals surface area contributed by atoms with Gasteiger partial charge in [0, 0.05) is 31.9 Å². The second-order valence-electron chi connectivity index (χ2n) is 4.61. The minimum atomic E-state index is -0.562. The fraction of sp³-hybridized carbons (Fsp3) is 0.200. The lowest BCUT2D eigenvalue weighted by Crippen LogP contribution is -2.09. The zero-order valence-corrected chi connectivity index (χ0v) is 12.0. The fourth-order valence-corrected chi connectivity index (χ4v) is 2.22. The van der Waals surface area contributed by atoms with E-state index < -0.39 is 11.6 Å². The van der Waals surface area contributed by atoms with E-state index in [2.05, 4.69) is 5.32 Å². The van der Waals surface area contributed by atoms with Gasteiger partial charge >= 0.3 is 0 Å². The predicted molar refractivity (Wildman–Crippen MR) is 79.5 cm³/mol. The number of hydrogen-bond acceptors (Lipinski definition) is 2. The molecule has 0 fully saturated rings. The van der Waals surface area contributed by atoms with Crippen molar-refractivity contribution < 1.29 is 8.78 Å². The zero-order valence-electron chi connectivity index (χ0n) is 11.3. The van der Waals surface area contributed by atoms with Crippen LogP contribution in [0.3, 0.4) is 0 Å². The van der Waals surface area contributed by atoms with E-state index >= 15 is 0 Å². The van der Waals surface area contributed by atoms with Crippen LogP contribution >= 0.6 is 11.6 Å². The van der Waals surface area contributed by atoms with Gasteiger partial charge in [-0.15, -0.1) is 0 Å². The Morgan fingerprint density at radius 3 is 2.30 bits per heavy atom. The van der Waals surface area contributed by atoms with Crippen LogP contribution in [0.15, 0.2) is 36.4 Å². The zero-order chi connectivity index (χ0) is 14.7. The first kappa shape index (κ1) is 14.6. The van der Waals surface area contributed by atoms with Gasteiger partial charge in [0.15, 0.2) is 0 Å². The number of nitrogens with zero attached hydrogens (tertiary/aromatic N) is 1. The summed E-state index contributed by atoms with van der Waals surface area (Å²) in [6.07, 6.45) is 0. The lowest BCUT2D eigenvalue weighted by Gasteiger charge is -2.16. The summed E-state index contributed by atoms with van der Waals surface area (Å²) in [4.78, 5) is 1.89. The average Bonchev–Trinajstić information content (AvgIpc) is 2.37. The number of halogens is 3. The van der Waals surface area contributed by atoms with Gasteiger partial charge in [0.05, 0.1) is 10.7 Å². The molecule has 2 aromatic carbocycles. The normalized spacial score (nSPS) is 10.4. The van der Waals surface area contributed by atoms with Crippen LogP contribution in [0.25, 0.3) is 0 Å². The maximum atomic E-state index is 13.5. The van der Waals surface area contributed by atoms with Crippen molar-refractivity contribution in [1.29, 1.82) is 0 Å². The van der Waals surface area contributed by atoms with E-state index in [0.717, 1.165) is 5.69 Å². The van der Waals surface area contributed by atoms with Crippen LogP contribution in [0.2, 0.25) is 5.02 Å². The molecule has 0 aromatic heterocycles. The van der Waals surface area contributed by atoms with Crippen molar-refractivity contribution >= 4 is 23.0 Å². The maximum Gasteiger partial charge on any atom is 0.131 e. The average molecular weight is 297 g/mol. The standard InChI is InChI=1S/C15H15ClF2N2/c1-20(2)15-7-6-10(8-12(15)16)19-9-11-13(17)4-3-5-14(11)18/h3-8,19H,9H2,1-2H3. The molecular weight excluding hydrogens is 282 g/mol. The Labute approximate surface area is 122 Å². The highest BCUT2D eigenvalue weighted by Gasteiger charge is 2.09. The van der Waals surface area contributed by atoms with Crippen LogP contribution in [0.1, 0.15) is 5.56 Å². The topological polar surface area (TPSA) is 15.3 Å². The van der Waals surface area contributed by atoms with Crippen molar-refractivity contribution in [3.8, 4) is 0 Å². The summed E-state index contributed by atoms with van der Waals surface area (Å²) in [5, 5.41) is 3.54. The van der Waals surface area contributed by atoms with Crippen molar-refractivity contribution in [3.63, 3.8) is 0 Å². The van der Waals surface area contributed by atoms with Gasteiger partial charge in [-0.25, -0.2) is 8.78 Å². The largest absolute Gasteiger partial charge is 0.381 e. The molecule has 0 amide bonds. The Morgan fingerprint density at radius 1 is 1.10 bits per heavy atom. The SMILES string of the molecule is CN(C)c1ccc(NCc2c(F)cccc2F)cc1Cl.